The molecule has 0 spiro atoms. The lowest BCUT2D eigenvalue weighted by molar-refractivity contribution is -0.385. The zero-order valence-electron chi connectivity index (χ0n) is 11.4. The standard InChI is InChI=1S/C14H10Cl2N4O2/c1-8(10-3-2-9(15)6-11(10)16)18-14-5-4-13(20(21)22)12(7-17)19-14/h2-6,8H,1H3,(H,18,19)/t8-/m0/s1. The topological polar surface area (TPSA) is 91.9 Å². The molecule has 1 aromatic heterocycles. The zero-order valence-corrected chi connectivity index (χ0v) is 12.9. The predicted molar refractivity (Wildman–Crippen MR) is 84.1 cm³/mol. The first-order valence-electron chi connectivity index (χ1n) is 6.19. The fraction of sp³-hybridized carbons (Fsp3) is 0.143. The molecular weight excluding hydrogens is 327 g/mol. The van der Waals surface area contributed by atoms with Gasteiger partial charge in [0.25, 0.3) is 0 Å². The number of rotatable bonds is 4. The second-order valence-corrected chi connectivity index (χ2v) is 5.31. The molecule has 0 saturated heterocycles. The number of aromatic nitrogens is 1. The van der Waals surface area contributed by atoms with E-state index in [2.05, 4.69) is 10.3 Å². The van der Waals surface area contributed by atoms with Gasteiger partial charge in [-0.15, -0.1) is 0 Å². The summed E-state index contributed by atoms with van der Waals surface area (Å²) in [5.41, 5.74) is 0.222. The van der Waals surface area contributed by atoms with Gasteiger partial charge in [0, 0.05) is 16.1 Å². The third-order valence-electron chi connectivity index (χ3n) is 2.97. The summed E-state index contributed by atoms with van der Waals surface area (Å²) in [4.78, 5) is 14.1. The van der Waals surface area contributed by atoms with Crippen LogP contribution in [0.3, 0.4) is 0 Å². The molecule has 6 nitrogen and oxygen atoms in total. The summed E-state index contributed by atoms with van der Waals surface area (Å²) in [5.74, 6) is 0.348. The molecule has 0 aliphatic heterocycles. The molecule has 2 aromatic rings. The number of nitrogens with one attached hydrogen (secondary N) is 1. The third kappa shape index (κ3) is 3.45. The maximum absolute atomic E-state index is 10.8. The fourth-order valence-electron chi connectivity index (χ4n) is 1.91. The van der Waals surface area contributed by atoms with E-state index in [1.807, 2.05) is 6.92 Å². The number of nitriles is 1. The maximum Gasteiger partial charge on any atom is 0.305 e. The monoisotopic (exact) mass is 336 g/mol. The number of halogens is 2. The van der Waals surface area contributed by atoms with Gasteiger partial charge in [-0.3, -0.25) is 10.1 Å². The molecule has 8 heteroatoms. The molecule has 0 aliphatic carbocycles. The summed E-state index contributed by atoms with van der Waals surface area (Å²) >= 11 is 12.0. The highest BCUT2D eigenvalue weighted by molar-refractivity contribution is 6.35. The quantitative estimate of drug-likeness (QED) is 0.662. The SMILES string of the molecule is C[C@H](Nc1ccc([N+](=O)[O-])c(C#N)n1)c1ccc(Cl)cc1Cl. The Hall–Kier alpha value is -2.36. The average Bonchev–Trinajstić information content (AvgIpc) is 2.46. The van der Waals surface area contributed by atoms with E-state index in [0.29, 0.717) is 15.9 Å². The van der Waals surface area contributed by atoms with Crippen LogP contribution in [-0.4, -0.2) is 9.91 Å². The number of nitro groups is 1. The first-order chi connectivity index (χ1) is 10.4. The number of benzene rings is 1. The smallest absolute Gasteiger partial charge is 0.305 e. The van der Waals surface area contributed by atoms with Gasteiger partial charge in [0.1, 0.15) is 11.9 Å². The van der Waals surface area contributed by atoms with Crippen molar-refractivity contribution in [2.24, 2.45) is 0 Å². The van der Waals surface area contributed by atoms with Crippen LogP contribution >= 0.6 is 23.2 Å². The van der Waals surface area contributed by atoms with E-state index in [9.17, 15) is 10.1 Å². The van der Waals surface area contributed by atoms with Crippen molar-refractivity contribution in [1.82, 2.24) is 4.98 Å². The molecule has 112 valence electrons. The number of anilines is 1. The van der Waals surface area contributed by atoms with E-state index in [-0.39, 0.29) is 17.4 Å². The maximum atomic E-state index is 10.8. The van der Waals surface area contributed by atoms with E-state index in [1.165, 1.54) is 12.1 Å². The van der Waals surface area contributed by atoms with E-state index in [1.54, 1.807) is 24.3 Å². The lowest BCUT2D eigenvalue weighted by Gasteiger charge is -2.16. The molecule has 1 atom stereocenters. The molecule has 1 heterocycles. The number of hydrogen-bond donors (Lipinski definition) is 1. The van der Waals surface area contributed by atoms with Crippen LogP contribution in [-0.2, 0) is 0 Å². The lowest BCUT2D eigenvalue weighted by atomic mass is 10.1. The Balaban J connectivity index is 2.27. The molecule has 0 fully saturated rings. The van der Waals surface area contributed by atoms with Crippen LogP contribution in [0.15, 0.2) is 30.3 Å². The van der Waals surface area contributed by atoms with Crippen molar-refractivity contribution in [3.05, 3.63) is 61.7 Å². The third-order valence-corrected chi connectivity index (χ3v) is 3.53. The first-order valence-corrected chi connectivity index (χ1v) is 6.95. The van der Waals surface area contributed by atoms with Crippen molar-refractivity contribution >= 4 is 34.7 Å². The van der Waals surface area contributed by atoms with Gasteiger partial charge in [0.05, 0.1) is 11.0 Å². The lowest BCUT2D eigenvalue weighted by Crippen LogP contribution is -2.09. The van der Waals surface area contributed by atoms with Crippen molar-refractivity contribution in [2.45, 2.75) is 13.0 Å². The van der Waals surface area contributed by atoms with Crippen LogP contribution in [0.2, 0.25) is 10.0 Å². The van der Waals surface area contributed by atoms with Gasteiger partial charge < -0.3 is 5.32 Å². The Bertz CT molecular complexity index is 774. The Morgan fingerprint density at radius 1 is 1.36 bits per heavy atom. The summed E-state index contributed by atoms with van der Waals surface area (Å²) in [6.07, 6.45) is 0. The molecule has 0 amide bonds. The first kappa shape index (κ1) is 16.0. The molecule has 0 saturated carbocycles. The molecular formula is C14H10Cl2N4O2. The molecule has 22 heavy (non-hydrogen) atoms. The van der Waals surface area contributed by atoms with Crippen molar-refractivity contribution in [3.8, 4) is 6.07 Å². The van der Waals surface area contributed by atoms with Crippen LogP contribution in [0.5, 0.6) is 0 Å². The number of hydrogen-bond acceptors (Lipinski definition) is 5. The number of pyridine rings is 1. The Kier molecular flexibility index (Phi) is 4.81. The van der Waals surface area contributed by atoms with Gasteiger partial charge >= 0.3 is 5.69 Å². The molecule has 2 rings (SSSR count). The van der Waals surface area contributed by atoms with Crippen LogP contribution in [0, 0.1) is 21.4 Å². The van der Waals surface area contributed by atoms with E-state index < -0.39 is 4.92 Å². The van der Waals surface area contributed by atoms with Crippen LogP contribution in [0.4, 0.5) is 11.5 Å². The van der Waals surface area contributed by atoms with Crippen molar-refractivity contribution in [3.63, 3.8) is 0 Å². The summed E-state index contributed by atoms with van der Waals surface area (Å²) in [6, 6.07) is 9.29. The highest BCUT2D eigenvalue weighted by Crippen LogP contribution is 2.28. The van der Waals surface area contributed by atoms with Crippen LogP contribution in [0.1, 0.15) is 24.2 Å². The summed E-state index contributed by atoms with van der Waals surface area (Å²) in [6.45, 7) is 1.85. The van der Waals surface area contributed by atoms with Gasteiger partial charge in [-0.1, -0.05) is 29.3 Å². The molecule has 0 unspecified atom stereocenters. The summed E-state index contributed by atoms with van der Waals surface area (Å²) in [7, 11) is 0. The van der Waals surface area contributed by atoms with E-state index >= 15 is 0 Å². The van der Waals surface area contributed by atoms with Crippen molar-refractivity contribution < 1.29 is 4.92 Å². The Morgan fingerprint density at radius 2 is 2.09 bits per heavy atom. The normalized spacial score (nSPS) is 11.5. The Morgan fingerprint density at radius 3 is 2.68 bits per heavy atom. The molecule has 0 radical (unpaired) electrons. The fourth-order valence-corrected chi connectivity index (χ4v) is 2.49. The van der Waals surface area contributed by atoms with Gasteiger partial charge in [0.15, 0.2) is 0 Å². The van der Waals surface area contributed by atoms with Gasteiger partial charge in [0.2, 0.25) is 5.69 Å². The largest absolute Gasteiger partial charge is 0.363 e. The van der Waals surface area contributed by atoms with Crippen molar-refractivity contribution in [2.75, 3.05) is 5.32 Å². The molecule has 0 bridgehead atoms. The van der Waals surface area contributed by atoms with Crippen LogP contribution < -0.4 is 5.32 Å². The van der Waals surface area contributed by atoms with Gasteiger partial charge in [-0.2, -0.15) is 5.26 Å². The van der Waals surface area contributed by atoms with Crippen LogP contribution in [0.25, 0.3) is 0 Å². The van der Waals surface area contributed by atoms with Gasteiger partial charge in [-0.05, 0) is 30.7 Å². The van der Waals surface area contributed by atoms with E-state index in [0.717, 1.165) is 5.56 Å². The zero-order chi connectivity index (χ0) is 16.3. The Labute approximate surface area is 136 Å². The molecule has 1 aromatic carbocycles. The minimum absolute atomic E-state index is 0.217. The van der Waals surface area contributed by atoms with Crippen molar-refractivity contribution in [1.29, 1.82) is 5.26 Å². The van der Waals surface area contributed by atoms with E-state index in [4.69, 9.17) is 28.5 Å². The second-order valence-electron chi connectivity index (χ2n) is 4.46. The predicted octanol–water partition coefficient (Wildman–Crippen LogP) is 4.34. The number of nitrogens with zero attached hydrogens (tertiary/aromatic N) is 3. The molecule has 0 aliphatic rings. The summed E-state index contributed by atoms with van der Waals surface area (Å²) < 4.78 is 0. The average molecular weight is 337 g/mol. The second kappa shape index (κ2) is 6.60. The highest BCUT2D eigenvalue weighted by Gasteiger charge is 2.17. The minimum atomic E-state index is -0.644. The van der Waals surface area contributed by atoms with Gasteiger partial charge in [-0.25, -0.2) is 4.98 Å². The molecule has 1 N–H and O–H groups in total. The highest BCUT2D eigenvalue weighted by atomic mass is 35.5. The minimum Gasteiger partial charge on any atom is -0.363 e. The summed E-state index contributed by atoms with van der Waals surface area (Å²) in [5, 5.41) is 23.8.